The number of nitrogens with one attached hydrogen (secondary N) is 1. The molecule has 0 aromatic heterocycles. The van der Waals surface area contributed by atoms with Crippen molar-refractivity contribution in [3.63, 3.8) is 0 Å². The highest BCUT2D eigenvalue weighted by Gasteiger charge is 2.29. The average molecular weight is 307 g/mol. The summed E-state index contributed by atoms with van der Waals surface area (Å²) < 4.78 is 0. The van der Waals surface area contributed by atoms with E-state index in [1.165, 1.54) is 0 Å². The molecule has 22 heavy (non-hydrogen) atoms. The van der Waals surface area contributed by atoms with Crippen LogP contribution in [0.1, 0.15) is 39.2 Å². The maximum atomic E-state index is 11.4. The Kier molecular flexibility index (Phi) is 6.56. The second kappa shape index (κ2) is 7.94. The number of rotatable bonds is 8. The van der Waals surface area contributed by atoms with Crippen molar-refractivity contribution < 1.29 is 19.8 Å². The van der Waals surface area contributed by atoms with Crippen LogP contribution in [0.2, 0.25) is 0 Å². The van der Waals surface area contributed by atoms with Crippen LogP contribution < -0.4 is 5.32 Å². The van der Waals surface area contributed by atoms with Crippen molar-refractivity contribution >= 4 is 11.9 Å². The number of benzene rings is 1. The Morgan fingerprint density at radius 1 is 1.05 bits per heavy atom. The predicted molar refractivity (Wildman–Crippen MR) is 84.8 cm³/mol. The van der Waals surface area contributed by atoms with Gasteiger partial charge in [0.1, 0.15) is 12.1 Å². The van der Waals surface area contributed by atoms with E-state index < -0.39 is 24.0 Å². The topological polar surface area (TPSA) is 86.6 Å². The summed E-state index contributed by atoms with van der Waals surface area (Å²) in [5.41, 5.74) is 0.844. The van der Waals surface area contributed by atoms with Crippen LogP contribution >= 0.6 is 0 Å². The maximum absolute atomic E-state index is 11.4. The van der Waals surface area contributed by atoms with Gasteiger partial charge in [-0.05, 0) is 30.2 Å². The quantitative estimate of drug-likeness (QED) is 0.687. The molecule has 1 rings (SSSR count). The van der Waals surface area contributed by atoms with Crippen LogP contribution in [-0.2, 0) is 16.0 Å². The Balaban J connectivity index is 2.69. The van der Waals surface area contributed by atoms with Crippen LogP contribution in [0.15, 0.2) is 30.3 Å². The minimum Gasteiger partial charge on any atom is -0.480 e. The summed E-state index contributed by atoms with van der Waals surface area (Å²) in [5.74, 6) is -2.03. The standard InChI is InChI=1S/C17H25NO4/c1-17(2,3)11-14(16(21)22)18-13(15(19)20)10-9-12-7-5-4-6-8-12/h4-8,13-14,18H,9-11H2,1-3H3,(H,19,20)(H,21,22)/t13-,14+/m1/s1. The molecule has 0 fully saturated rings. The molecule has 0 saturated heterocycles. The molecule has 0 bridgehead atoms. The van der Waals surface area contributed by atoms with Crippen molar-refractivity contribution in [3.8, 4) is 0 Å². The number of carboxylic acids is 2. The Morgan fingerprint density at radius 2 is 1.59 bits per heavy atom. The molecular formula is C17H25NO4. The third-order valence-electron chi connectivity index (χ3n) is 3.38. The molecule has 122 valence electrons. The number of carbonyl (C=O) groups is 2. The fourth-order valence-corrected chi connectivity index (χ4v) is 2.31. The van der Waals surface area contributed by atoms with Gasteiger partial charge in [0.05, 0.1) is 0 Å². The Morgan fingerprint density at radius 3 is 2.05 bits per heavy atom. The minimum absolute atomic E-state index is 0.196. The zero-order valence-electron chi connectivity index (χ0n) is 13.4. The molecule has 0 unspecified atom stereocenters. The lowest BCUT2D eigenvalue weighted by Gasteiger charge is -2.26. The van der Waals surface area contributed by atoms with E-state index in [1.807, 2.05) is 51.1 Å². The lowest BCUT2D eigenvalue weighted by molar-refractivity contribution is -0.143. The molecule has 5 heteroatoms. The molecule has 0 aliphatic carbocycles. The van der Waals surface area contributed by atoms with E-state index in [4.69, 9.17) is 0 Å². The van der Waals surface area contributed by atoms with Gasteiger partial charge in [-0.15, -0.1) is 0 Å². The van der Waals surface area contributed by atoms with Crippen LogP contribution in [0.4, 0.5) is 0 Å². The fourth-order valence-electron chi connectivity index (χ4n) is 2.31. The van der Waals surface area contributed by atoms with Crippen LogP contribution in [0.5, 0.6) is 0 Å². The number of carboxylic acid groups (broad SMARTS) is 2. The first-order chi connectivity index (χ1) is 10.2. The normalized spacial score (nSPS) is 14.3. The van der Waals surface area contributed by atoms with Gasteiger partial charge in [-0.1, -0.05) is 51.1 Å². The summed E-state index contributed by atoms with van der Waals surface area (Å²) >= 11 is 0. The van der Waals surface area contributed by atoms with Gasteiger partial charge in [0.25, 0.3) is 0 Å². The van der Waals surface area contributed by atoms with Gasteiger partial charge in [0.2, 0.25) is 0 Å². The highest BCUT2D eigenvalue weighted by Crippen LogP contribution is 2.21. The summed E-state index contributed by atoms with van der Waals surface area (Å²) in [6.45, 7) is 5.80. The number of hydrogen-bond acceptors (Lipinski definition) is 3. The number of aryl methyl sites for hydroxylation is 1. The van der Waals surface area contributed by atoms with Gasteiger partial charge in [0, 0.05) is 0 Å². The zero-order chi connectivity index (χ0) is 16.8. The van der Waals surface area contributed by atoms with E-state index in [0.29, 0.717) is 19.3 Å². The molecule has 0 heterocycles. The van der Waals surface area contributed by atoms with E-state index in [9.17, 15) is 19.8 Å². The monoisotopic (exact) mass is 307 g/mol. The molecule has 2 atom stereocenters. The van der Waals surface area contributed by atoms with Crippen molar-refractivity contribution in [1.29, 1.82) is 0 Å². The predicted octanol–water partition coefficient (Wildman–Crippen LogP) is 2.55. The van der Waals surface area contributed by atoms with E-state index >= 15 is 0 Å². The van der Waals surface area contributed by atoms with Crippen molar-refractivity contribution in [2.24, 2.45) is 5.41 Å². The van der Waals surface area contributed by atoms with Gasteiger partial charge in [-0.2, -0.15) is 0 Å². The molecule has 0 amide bonds. The van der Waals surface area contributed by atoms with Gasteiger partial charge in [0.15, 0.2) is 0 Å². The first kappa shape index (κ1) is 18.2. The third-order valence-corrected chi connectivity index (χ3v) is 3.38. The molecule has 0 saturated carbocycles. The van der Waals surface area contributed by atoms with Crippen molar-refractivity contribution in [2.45, 2.75) is 52.1 Å². The van der Waals surface area contributed by atoms with Crippen molar-refractivity contribution in [2.75, 3.05) is 0 Å². The van der Waals surface area contributed by atoms with E-state index in [2.05, 4.69) is 5.32 Å². The summed E-state index contributed by atoms with van der Waals surface area (Å²) in [7, 11) is 0. The first-order valence-corrected chi connectivity index (χ1v) is 7.44. The summed E-state index contributed by atoms with van der Waals surface area (Å²) in [4.78, 5) is 22.7. The van der Waals surface area contributed by atoms with Gasteiger partial charge in [-0.25, -0.2) is 0 Å². The molecule has 0 aliphatic heterocycles. The molecule has 3 N–H and O–H groups in total. The maximum Gasteiger partial charge on any atom is 0.320 e. The SMILES string of the molecule is CC(C)(C)C[C@H](N[C@H](CCc1ccccc1)C(=O)O)C(=O)O. The van der Waals surface area contributed by atoms with Crippen LogP contribution in [-0.4, -0.2) is 34.2 Å². The molecule has 1 aromatic rings. The minimum atomic E-state index is -1.02. The molecule has 5 nitrogen and oxygen atoms in total. The van der Waals surface area contributed by atoms with Gasteiger partial charge in [-0.3, -0.25) is 14.9 Å². The fraction of sp³-hybridized carbons (Fsp3) is 0.529. The Labute approximate surface area is 131 Å². The lowest BCUT2D eigenvalue weighted by Crippen LogP contribution is -2.48. The lowest BCUT2D eigenvalue weighted by atomic mass is 9.87. The van der Waals surface area contributed by atoms with Crippen LogP contribution in [0.25, 0.3) is 0 Å². The summed E-state index contributed by atoms with van der Waals surface area (Å²) in [6.07, 6.45) is 1.32. The van der Waals surface area contributed by atoms with E-state index in [0.717, 1.165) is 5.56 Å². The first-order valence-electron chi connectivity index (χ1n) is 7.44. The van der Waals surface area contributed by atoms with Crippen LogP contribution in [0.3, 0.4) is 0 Å². The van der Waals surface area contributed by atoms with Crippen molar-refractivity contribution in [3.05, 3.63) is 35.9 Å². The third kappa shape index (κ3) is 6.72. The van der Waals surface area contributed by atoms with E-state index in [-0.39, 0.29) is 5.41 Å². The molecule has 0 radical (unpaired) electrons. The number of hydrogen-bond donors (Lipinski definition) is 3. The van der Waals surface area contributed by atoms with Crippen molar-refractivity contribution in [1.82, 2.24) is 5.32 Å². The van der Waals surface area contributed by atoms with Gasteiger partial charge < -0.3 is 10.2 Å². The largest absolute Gasteiger partial charge is 0.480 e. The Bertz CT molecular complexity index is 493. The second-order valence-electron chi connectivity index (χ2n) is 6.74. The van der Waals surface area contributed by atoms with Gasteiger partial charge >= 0.3 is 11.9 Å². The summed E-state index contributed by atoms with van der Waals surface area (Å²) in [5, 5.41) is 21.4. The molecule has 1 aromatic carbocycles. The molecule has 0 spiro atoms. The molecule has 0 aliphatic rings. The summed E-state index contributed by atoms with van der Waals surface area (Å²) in [6, 6.07) is 7.84. The Hall–Kier alpha value is -1.88. The highest BCUT2D eigenvalue weighted by atomic mass is 16.4. The zero-order valence-corrected chi connectivity index (χ0v) is 13.4. The second-order valence-corrected chi connectivity index (χ2v) is 6.74. The average Bonchev–Trinajstić information content (AvgIpc) is 2.41. The van der Waals surface area contributed by atoms with Crippen LogP contribution in [0, 0.1) is 5.41 Å². The molecular weight excluding hydrogens is 282 g/mol. The van der Waals surface area contributed by atoms with E-state index in [1.54, 1.807) is 0 Å². The number of aliphatic carboxylic acids is 2. The highest BCUT2D eigenvalue weighted by molar-refractivity contribution is 5.77. The smallest absolute Gasteiger partial charge is 0.320 e.